The van der Waals surface area contributed by atoms with Gasteiger partial charge in [-0.05, 0) is 12.1 Å². The van der Waals surface area contributed by atoms with E-state index in [2.05, 4.69) is 5.32 Å². The summed E-state index contributed by atoms with van der Waals surface area (Å²) in [6.45, 7) is 1.62. The number of benzene rings is 1. The van der Waals surface area contributed by atoms with Gasteiger partial charge in [-0.2, -0.15) is 11.8 Å². The Morgan fingerprint density at radius 1 is 1.29 bits per heavy atom. The van der Waals surface area contributed by atoms with Gasteiger partial charge >= 0.3 is 0 Å². The van der Waals surface area contributed by atoms with Gasteiger partial charge in [0, 0.05) is 30.7 Å². The zero-order valence-corrected chi connectivity index (χ0v) is 13.7. The van der Waals surface area contributed by atoms with Crippen molar-refractivity contribution in [3.05, 3.63) is 18.2 Å². The monoisotopic (exact) mass is 326 g/mol. The van der Waals surface area contributed by atoms with Crippen LogP contribution in [0.3, 0.4) is 0 Å². The van der Waals surface area contributed by atoms with Crippen LogP contribution in [-0.2, 0) is 4.79 Å². The average molecular weight is 326 g/mol. The number of thioether (sulfide) groups is 1. The minimum absolute atomic E-state index is 0.288. The molecule has 1 saturated heterocycles. The van der Waals surface area contributed by atoms with E-state index in [1.165, 1.54) is 0 Å². The first-order valence-corrected chi connectivity index (χ1v) is 8.12. The van der Waals surface area contributed by atoms with Crippen molar-refractivity contribution in [1.29, 1.82) is 0 Å². The third kappa shape index (κ3) is 4.01. The largest absolute Gasteiger partial charge is 0.497 e. The number of nitrogens with one attached hydrogen (secondary N) is 1. The quantitative estimate of drug-likeness (QED) is 0.858. The van der Waals surface area contributed by atoms with Gasteiger partial charge in [0.05, 0.1) is 19.9 Å². The second kappa shape index (κ2) is 7.51. The van der Waals surface area contributed by atoms with E-state index in [1.54, 1.807) is 32.4 Å². The smallest absolute Gasteiger partial charge is 0.283 e. The van der Waals surface area contributed by atoms with Gasteiger partial charge < -0.3 is 19.7 Å². The predicted octanol–water partition coefficient (Wildman–Crippen LogP) is 2.02. The molecule has 1 aromatic rings. The number of methoxy groups -OCH3 is 2. The number of anilines is 1. The van der Waals surface area contributed by atoms with Crippen LogP contribution in [0.1, 0.15) is 0 Å². The molecule has 1 aliphatic rings. The lowest BCUT2D eigenvalue weighted by Gasteiger charge is -2.28. The lowest BCUT2D eigenvalue weighted by molar-refractivity contribution is -0.110. The van der Waals surface area contributed by atoms with Crippen molar-refractivity contribution in [1.82, 2.24) is 4.90 Å². The summed E-state index contributed by atoms with van der Waals surface area (Å²) in [6, 6.07) is 5.23. The molecule has 1 amide bonds. The van der Waals surface area contributed by atoms with Gasteiger partial charge in [0.1, 0.15) is 11.5 Å². The first-order valence-electron chi connectivity index (χ1n) is 6.55. The van der Waals surface area contributed by atoms with Gasteiger partial charge in [-0.15, -0.1) is 0 Å². The molecule has 0 atom stereocenters. The maximum Gasteiger partial charge on any atom is 0.283 e. The Bertz CT molecular complexity index is 531. The summed E-state index contributed by atoms with van der Waals surface area (Å²) in [5, 5.41) is 2.80. The van der Waals surface area contributed by atoms with E-state index in [0.717, 1.165) is 24.6 Å². The summed E-state index contributed by atoms with van der Waals surface area (Å²) >= 11 is 7.14. The van der Waals surface area contributed by atoms with E-state index >= 15 is 0 Å². The molecule has 0 aromatic heterocycles. The highest BCUT2D eigenvalue weighted by molar-refractivity contribution is 7.99. The number of ether oxygens (including phenoxy) is 2. The van der Waals surface area contributed by atoms with Crippen LogP contribution in [0.25, 0.3) is 0 Å². The van der Waals surface area contributed by atoms with Crippen LogP contribution in [-0.4, -0.2) is 54.6 Å². The molecule has 1 fully saturated rings. The van der Waals surface area contributed by atoms with Crippen molar-refractivity contribution in [3.63, 3.8) is 0 Å². The highest BCUT2D eigenvalue weighted by atomic mass is 32.2. The van der Waals surface area contributed by atoms with Gasteiger partial charge in [0.2, 0.25) is 0 Å². The van der Waals surface area contributed by atoms with Gasteiger partial charge in [-0.1, -0.05) is 12.2 Å². The summed E-state index contributed by atoms with van der Waals surface area (Å²) < 4.78 is 10.4. The van der Waals surface area contributed by atoms with Crippen molar-refractivity contribution in [2.24, 2.45) is 0 Å². The third-order valence-electron chi connectivity index (χ3n) is 3.15. The first kappa shape index (κ1) is 15.9. The van der Waals surface area contributed by atoms with Gasteiger partial charge in [-0.25, -0.2) is 0 Å². The van der Waals surface area contributed by atoms with Gasteiger partial charge in [0.15, 0.2) is 4.99 Å². The number of carbonyl (C=O) groups is 1. The Morgan fingerprint density at radius 2 is 2.00 bits per heavy atom. The molecule has 1 aliphatic heterocycles. The molecule has 21 heavy (non-hydrogen) atoms. The molecule has 114 valence electrons. The number of amides is 1. The molecule has 0 aliphatic carbocycles. The molecule has 1 heterocycles. The van der Waals surface area contributed by atoms with E-state index in [9.17, 15) is 4.79 Å². The van der Waals surface area contributed by atoms with E-state index in [-0.39, 0.29) is 5.91 Å². The van der Waals surface area contributed by atoms with Crippen LogP contribution in [0.15, 0.2) is 18.2 Å². The lowest BCUT2D eigenvalue weighted by atomic mass is 10.2. The van der Waals surface area contributed by atoms with Crippen LogP contribution in [0.2, 0.25) is 0 Å². The standard InChI is InChI=1S/C14H18N2O3S2/c1-18-10-3-4-12(19-2)11(9-10)15-13(17)14(20)16-5-7-21-8-6-16/h3-4,9H,5-8H2,1-2H3,(H,15,17). The predicted molar refractivity (Wildman–Crippen MR) is 89.7 cm³/mol. The molecule has 7 heteroatoms. The van der Waals surface area contributed by atoms with E-state index in [1.807, 2.05) is 16.7 Å². The maximum atomic E-state index is 12.3. The number of hydrogen-bond acceptors (Lipinski definition) is 5. The number of hydrogen-bond donors (Lipinski definition) is 1. The van der Waals surface area contributed by atoms with Crippen LogP contribution in [0, 0.1) is 0 Å². The van der Waals surface area contributed by atoms with E-state index in [4.69, 9.17) is 21.7 Å². The number of carbonyl (C=O) groups excluding carboxylic acids is 1. The highest BCUT2D eigenvalue weighted by Crippen LogP contribution is 2.29. The van der Waals surface area contributed by atoms with Crippen LogP contribution in [0.5, 0.6) is 11.5 Å². The van der Waals surface area contributed by atoms with Crippen molar-refractivity contribution >= 4 is 40.6 Å². The summed E-state index contributed by atoms with van der Waals surface area (Å²) in [7, 11) is 3.13. The SMILES string of the molecule is COc1ccc(OC)c(NC(=O)C(=S)N2CCSCC2)c1. The second-order valence-electron chi connectivity index (χ2n) is 4.42. The zero-order chi connectivity index (χ0) is 15.2. The van der Waals surface area contributed by atoms with Crippen molar-refractivity contribution in [2.45, 2.75) is 0 Å². The minimum Gasteiger partial charge on any atom is -0.497 e. The first-order chi connectivity index (χ1) is 10.2. The molecule has 1 N–H and O–H groups in total. The zero-order valence-electron chi connectivity index (χ0n) is 12.0. The lowest BCUT2D eigenvalue weighted by Crippen LogP contribution is -2.42. The van der Waals surface area contributed by atoms with Crippen LogP contribution >= 0.6 is 24.0 Å². The second-order valence-corrected chi connectivity index (χ2v) is 6.04. The van der Waals surface area contributed by atoms with Crippen molar-refractivity contribution < 1.29 is 14.3 Å². The summed E-state index contributed by atoms with van der Waals surface area (Å²) in [5.41, 5.74) is 0.551. The topological polar surface area (TPSA) is 50.8 Å². The molecule has 0 saturated carbocycles. The Balaban J connectivity index is 2.09. The number of rotatable bonds is 3. The fourth-order valence-corrected chi connectivity index (χ4v) is 3.13. The fourth-order valence-electron chi connectivity index (χ4n) is 2.00. The Kier molecular flexibility index (Phi) is 5.69. The molecule has 1 aromatic carbocycles. The summed E-state index contributed by atoms with van der Waals surface area (Å²) in [6.07, 6.45) is 0. The van der Waals surface area contributed by atoms with Gasteiger partial charge in [0.25, 0.3) is 5.91 Å². The molecule has 0 bridgehead atoms. The summed E-state index contributed by atoms with van der Waals surface area (Å²) in [5.74, 6) is 2.92. The average Bonchev–Trinajstić information content (AvgIpc) is 2.54. The molecular formula is C14H18N2O3S2. The van der Waals surface area contributed by atoms with E-state index < -0.39 is 0 Å². The van der Waals surface area contributed by atoms with E-state index in [0.29, 0.717) is 22.2 Å². The molecule has 5 nitrogen and oxygen atoms in total. The Morgan fingerprint density at radius 3 is 2.62 bits per heavy atom. The number of thiocarbonyl (C=S) groups is 1. The van der Waals surface area contributed by atoms with Crippen LogP contribution < -0.4 is 14.8 Å². The normalized spacial score (nSPS) is 14.5. The molecular weight excluding hydrogens is 308 g/mol. The molecule has 0 spiro atoms. The van der Waals surface area contributed by atoms with Gasteiger partial charge in [-0.3, -0.25) is 4.79 Å². The Hall–Kier alpha value is -1.47. The molecule has 0 unspecified atom stereocenters. The third-order valence-corrected chi connectivity index (χ3v) is 4.53. The Labute approximate surface area is 134 Å². The fraction of sp³-hybridized carbons (Fsp3) is 0.429. The highest BCUT2D eigenvalue weighted by Gasteiger charge is 2.20. The minimum atomic E-state index is -0.288. The summed E-state index contributed by atoms with van der Waals surface area (Å²) in [4.78, 5) is 14.5. The number of nitrogens with zero attached hydrogens (tertiary/aromatic N) is 1. The van der Waals surface area contributed by atoms with Crippen molar-refractivity contribution in [2.75, 3.05) is 44.1 Å². The molecule has 0 radical (unpaired) electrons. The molecule has 2 rings (SSSR count). The maximum absolute atomic E-state index is 12.3. The van der Waals surface area contributed by atoms with Crippen LogP contribution in [0.4, 0.5) is 5.69 Å². The van der Waals surface area contributed by atoms with Crippen molar-refractivity contribution in [3.8, 4) is 11.5 Å².